The molecule has 1 aliphatic heterocycles. The second-order valence-electron chi connectivity index (χ2n) is 4.13. The van der Waals surface area contributed by atoms with Gasteiger partial charge in [-0.05, 0) is 40.4 Å². The van der Waals surface area contributed by atoms with Crippen molar-refractivity contribution < 1.29 is 13.5 Å². The molecule has 1 fully saturated rings. The number of nitrogens with zero attached hydrogens (tertiary/aromatic N) is 1. The quantitative estimate of drug-likeness (QED) is 0.917. The van der Waals surface area contributed by atoms with Crippen LogP contribution in [0.15, 0.2) is 33.6 Å². The minimum atomic E-state index is -3.44. The summed E-state index contributed by atoms with van der Waals surface area (Å²) in [6, 6.07) is 6.79. The van der Waals surface area contributed by atoms with Crippen molar-refractivity contribution in [1.82, 2.24) is 4.31 Å². The van der Waals surface area contributed by atoms with E-state index in [4.69, 9.17) is 5.11 Å². The lowest BCUT2D eigenvalue weighted by molar-refractivity contribution is 0.233. The number of aliphatic hydroxyl groups is 1. The fourth-order valence-electron chi connectivity index (χ4n) is 1.96. The maximum Gasteiger partial charge on any atom is 0.244 e. The van der Waals surface area contributed by atoms with Crippen LogP contribution in [0.4, 0.5) is 0 Å². The fourth-order valence-corrected chi connectivity index (χ4v) is 4.45. The zero-order chi connectivity index (χ0) is 12.5. The van der Waals surface area contributed by atoms with Gasteiger partial charge in [0.25, 0.3) is 0 Å². The molecule has 0 bridgehead atoms. The molecule has 1 aliphatic rings. The molecule has 1 saturated heterocycles. The molecule has 0 saturated carbocycles. The highest BCUT2D eigenvalue weighted by Gasteiger charge is 2.32. The minimum absolute atomic E-state index is 0.0436. The first-order valence-corrected chi connectivity index (χ1v) is 7.64. The molecular weight excluding hydrogens is 306 g/mol. The van der Waals surface area contributed by atoms with Crippen molar-refractivity contribution in [3.05, 3.63) is 28.7 Å². The first-order valence-electron chi connectivity index (χ1n) is 5.41. The maximum atomic E-state index is 12.3. The Kier molecular flexibility index (Phi) is 3.87. The van der Waals surface area contributed by atoms with Gasteiger partial charge in [0.1, 0.15) is 0 Å². The molecule has 4 nitrogen and oxygen atoms in total. The van der Waals surface area contributed by atoms with E-state index >= 15 is 0 Å². The maximum absolute atomic E-state index is 12.3. The summed E-state index contributed by atoms with van der Waals surface area (Å²) in [4.78, 5) is 0.290. The standard InChI is InChI=1S/C11H14BrNO3S/c12-10-3-1-2-4-11(10)17(15,16)13-6-5-9(7-13)8-14/h1-4,9,14H,5-8H2/t9-/m1/s1. The topological polar surface area (TPSA) is 57.6 Å². The summed E-state index contributed by atoms with van der Waals surface area (Å²) in [6.45, 7) is 0.928. The SMILES string of the molecule is O=S(=O)(c1ccccc1Br)N1CC[C@@H](CO)C1. The Morgan fingerprint density at radius 2 is 2.12 bits per heavy atom. The zero-order valence-electron chi connectivity index (χ0n) is 9.21. The third-order valence-corrected chi connectivity index (χ3v) is 5.84. The summed E-state index contributed by atoms with van der Waals surface area (Å²) >= 11 is 3.26. The van der Waals surface area contributed by atoms with Crippen molar-refractivity contribution in [3.63, 3.8) is 0 Å². The second kappa shape index (κ2) is 5.06. The Bertz CT molecular complexity index is 503. The second-order valence-corrected chi connectivity index (χ2v) is 6.89. The van der Waals surface area contributed by atoms with Gasteiger partial charge in [0.15, 0.2) is 0 Å². The van der Waals surface area contributed by atoms with Gasteiger partial charge in [-0.2, -0.15) is 4.31 Å². The number of hydrogen-bond acceptors (Lipinski definition) is 3. The number of benzene rings is 1. The predicted octanol–water partition coefficient (Wildman–Crippen LogP) is 1.45. The Labute approximate surface area is 109 Å². The van der Waals surface area contributed by atoms with Gasteiger partial charge in [0.05, 0.1) is 4.90 Å². The molecule has 0 aliphatic carbocycles. The summed E-state index contributed by atoms with van der Waals surface area (Å²) in [6.07, 6.45) is 0.722. The number of sulfonamides is 1. The lowest BCUT2D eigenvalue weighted by atomic mass is 10.1. The molecule has 1 N–H and O–H groups in total. The van der Waals surface area contributed by atoms with Crippen molar-refractivity contribution in [2.24, 2.45) is 5.92 Å². The highest BCUT2D eigenvalue weighted by atomic mass is 79.9. The van der Waals surface area contributed by atoms with E-state index in [1.807, 2.05) is 0 Å². The van der Waals surface area contributed by atoms with Crippen LogP contribution in [0.5, 0.6) is 0 Å². The average Bonchev–Trinajstić information content (AvgIpc) is 2.78. The van der Waals surface area contributed by atoms with Gasteiger partial charge in [0.2, 0.25) is 10.0 Å². The van der Waals surface area contributed by atoms with E-state index in [1.165, 1.54) is 4.31 Å². The van der Waals surface area contributed by atoms with E-state index in [0.29, 0.717) is 22.5 Å². The zero-order valence-corrected chi connectivity index (χ0v) is 11.6. The Balaban J connectivity index is 2.29. The molecule has 6 heteroatoms. The van der Waals surface area contributed by atoms with Crippen LogP contribution < -0.4 is 0 Å². The fraction of sp³-hybridized carbons (Fsp3) is 0.455. The van der Waals surface area contributed by atoms with Crippen LogP contribution in [0.25, 0.3) is 0 Å². The van der Waals surface area contributed by atoms with E-state index in [0.717, 1.165) is 6.42 Å². The average molecular weight is 320 g/mol. The number of hydrogen-bond donors (Lipinski definition) is 1. The lowest BCUT2D eigenvalue weighted by Crippen LogP contribution is -2.29. The van der Waals surface area contributed by atoms with Crippen LogP contribution in [-0.2, 0) is 10.0 Å². The van der Waals surface area contributed by atoms with E-state index in [9.17, 15) is 8.42 Å². The van der Waals surface area contributed by atoms with Gasteiger partial charge < -0.3 is 5.11 Å². The van der Waals surface area contributed by atoms with Crippen molar-refractivity contribution in [2.45, 2.75) is 11.3 Å². The molecule has 0 spiro atoms. The number of aliphatic hydroxyl groups excluding tert-OH is 1. The van der Waals surface area contributed by atoms with Crippen molar-refractivity contribution in [2.75, 3.05) is 19.7 Å². The van der Waals surface area contributed by atoms with Crippen LogP contribution in [0.2, 0.25) is 0 Å². The molecule has 1 aromatic rings. The number of halogens is 1. The van der Waals surface area contributed by atoms with Crippen LogP contribution in [0.1, 0.15) is 6.42 Å². The Morgan fingerprint density at radius 1 is 1.41 bits per heavy atom. The summed E-state index contributed by atoms with van der Waals surface area (Å²) < 4.78 is 26.7. The number of rotatable bonds is 3. The third-order valence-electron chi connectivity index (χ3n) is 2.96. The smallest absolute Gasteiger partial charge is 0.244 e. The minimum Gasteiger partial charge on any atom is -0.396 e. The molecule has 0 radical (unpaired) electrons. The van der Waals surface area contributed by atoms with Gasteiger partial charge in [-0.15, -0.1) is 0 Å². The molecule has 0 amide bonds. The molecule has 0 aromatic heterocycles. The summed E-state index contributed by atoms with van der Waals surface area (Å²) in [5, 5.41) is 9.04. The highest BCUT2D eigenvalue weighted by Crippen LogP contribution is 2.28. The largest absolute Gasteiger partial charge is 0.396 e. The Morgan fingerprint density at radius 3 is 2.71 bits per heavy atom. The molecule has 2 rings (SSSR count). The van der Waals surface area contributed by atoms with Gasteiger partial charge >= 0.3 is 0 Å². The highest BCUT2D eigenvalue weighted by molar-refractivity contribution is 9.10. The summed E-state index contributed by atoms with van der Waals surface area (Å²) in [5.41, 5.74) is 0. The van der Waals surface area contributed by atoms with E-state index in [-0.39, 0.29) is 12.5 Å². The summed E-state index contributed by atoms with van der Waals surface area (Å²) in [5.74, 6) is 0.0623. The monoisotopic (exact) mass is 319 g/mol. The third kappa shape index (κ3) is 2.54. The molecule has 1 heterocycles. The van der Waals surface area contributed by atoms with Gasteiger partial charge in [-0.25, -0.2) is 8.42 Å². The molecule has 1 aromatic carbocycles. The van der Waals surface area contributed by atoms with E-state index < -0.39 is 10.0 Å². The summed E-state index contributed by atoms with van der Waals surface area (Å²) in [7, 11) is -3.44. The molecule has 1 atom stereocenters. The van der Waals surface area contributed by atoms with Gasteiger partial charge in [-0.3, -0.25) is 0 Å². The van der Waals surface area contributed by atoms with E-state index in [2.05, 4.69) is 15.9 Å². The van der Waals surface area contributed by atoms with Crippen molar-refractivity contribution in [1.29, 1.82) is 0 Å². The van der Waals surface area contributed by atoms with Gasteiger partial charge in [-0.1, -0.05) is 12.1 Å². The normalized spacial score (nSPS) is 21.9. The van der Waals surface area contributed by atoms with Crippen molar-refractivity contribution in [3.8, 4) is 0 Å². The van der Waals surface area contributed by atoms with Crippen LogP contribution in [-0.4, -0.2) is 37.5 Å². The first kappa shape index (κ1) is 13.0. The molecule has 17 heavy (non-hydrogen) atoms. The van der Waals surface area contributed by atoms with Crippen molar-refractivity contribution >= 4 is 26.0 Å². The molecule has 94 valence electrons. The van der Waals surface area contributed by atoms with Crippen LogP contribution in [0, 0.1) is 5.92 Å². The molecule has 0 unspecified atom stereocenters. The first-order chi connectivity index (χ1) is 8.05. The predicted molar refractivity (Wildman–Crippen MR) is 68.1 cm³/mol. The van der Waals surface area contributed by atoms with Gasteiger partial charge in [0, 0.05) is 24.2 Å². The Hall–Kier alpha value is -0.430. The van der Waals surface area contributed by atoms with Crippen LogP contribution >= 0.6 is 15.9 Å². The van der Waals surface area contributed by atoms with E-state index in [1.54, 1.807) is 24.3 Å². The van der Waals surface area contributed by atoms with Crippen LogP contribution in [0.3, 0.4) is 0 Å². The molecular formula is C11H14BrNO3S. The lowest BCUT2D eigenvalue weighted by Gasteiger charge is -2.17.